The molecule has 0 aliphatic heterocycles. The summed E-state index contributed by atoms with van der Waals surface area (Å²) in [6.07, 6.45) is 0.340. The first kappa shape index (κ1) is 29.5. The number of nitrogens with one attached hydrogen (secondary N) is 1. The Morgan fingerprint density at radius 2 is 1.58 bits per heavy atom. The van der Waals surface area contributed by atoms with E-state index in [9.17, 15) is 18.0 Å². The molecule has 0 bridgehead atoms. The molecule has 1 unspecified atom stereocenters. The zero-order valence-corrected chi connectivity index (χ0v) is 23.9. The van der Waals surface area contributed by atoms with Crippen molar-refractivity contribution >= 4 is 50.7 Å². The number of aryl methyl sites for hydroxylation is 1. The van der Waals surface area contributed by atoms with Gasteiger partial charge in [-0.3, -0.25) is 13.9 Å². The van der Waals surface area contributed by atoms with Gasteiger partial charge in [0.25, 0.3) is 10.0 Å². The van der Waals surface area contributed by atoms with E-state index in [1.807, 2.05) is 38.1 Å². The highest BCUT2D eigenvalue weighted by atomic mass is 35.5. The molecule has 0 heterocycles. The van der Waals surface area contributed by atoms with Gasteiger partial charge in [0.15, 0.2) is 0 Å². The average molecular weight is 577 g/mol. The third kappa shape index (κ3) is 6.87. The lowest BCUT2D eigenvalue weighted by Crippen LogP contribution is -2.52. The second-order valence-electron chi connectivity index (χ2n) is 8.72. The van der Waals surface area contributed by atoms with Gasteiger partial charge in [-0.15, -0.1) is 0 Å². The molecule has 0 radical (unpaired) electrons. The first-order valence-corrected chi connectivity index (χ1v) is 14.4. The van der Waals surface area contributed by atoms with Crippen LogP contribution in [0, 0.1) is 6.92 Å². The van der Waals surface area contributed by atoms with Crippen LogP contribution >= 0.6 is 23.2 Å². The molecule has 7 nitrogen and oxygen atoms in total. The number of hydrogen-bond donors (Lipinski definition) is 1. The second-order valence-corrected chi connectivity index (χ2v) is 11.4. The van der Waals surface area contributed by atoms with E-state index in [4.69, 9.17) is 23.2 Å². The maximum Gasteiger partial charge on any atom is 0.264 e. The zero-order valence-electron chi connectivity index (χ0n) is 21.5. The minimum absolute atomic E-state index is 0.00215. The summed E-state index contributed by atoms with van der Waals surface area (Å²) in [6, 6.07) is 19.2. The number of carbonyl (C=O) groups excluding carboxylic acids is 2. The lowest BCUT2D eigenvalue weighted by atomic mass is 10.1. The first-order valence-electron chi connectivity index (χ1n) is 12.2. The largest absolute Gasteiger partial charge is 0.355 e. The molecule has 0 aromatic heterocycles. The number of nitrogens with zero attached hydrogens (tertiary/aromatic N) is 2. The summed E-state index contributed by atoms with van der Waals surface area (Å²) in [6.45, 7) is 5.50. The van der Waals surface area contributed by atoms with E-state index >= 15 is 0 Å². The van der Waals surface area contributed by atoms with Crippen LogP contribution in [-0.4, -0.2) is 44.3 Å². The van der Waals surface area contributed by atoms with Gasteiger partial charge in [0.1, 0.15) is 12.6 Å². The summed E-state index contributed by atoms with van der Waals surface area (Å²) in [5.41, 5.74) is 1.93. The second kappa shape index (κ2) is 13.1. The molecule has 0 spiro atoms. The highest BCUT2D eigenvalue weighted by Crippen LogP contribution is 2.35. The van der Waals surface area contributed by atoms with Crippen LogP contribution < -0.4 is 9.62 Å². The molecule has 3 rings (SSSR count). The van der Waals surface area contributed by atoms with Crippen LogP contribution in [0.2, 0.25) is 10.0 Å². The molecule has 2 amide bonds. The molecule has 3 aromatic rings. The van der Waals surface area contributed by atoms with Gasteiger partial charge in [-0.25, -0.2) is 8.42 Å². The zero-order chi connectivity index (χ0) is 27.9. The summed E-state index contributed by atoms with van der Waals surface area (Å²) in [7, 11) is -4.22. The van der Waals surface area contributed by atoms with Gasteiger partial charge in [0, 0.05) is 13.1 Å². The van der Waals surface area contributed by atoms with E-state index in [0.717, 1.165) is 15.4 Å². The van der Waals surface area contributed by atoms with E-state index in [1.165, 1.54) is 29.2 Å². The third-order valence-corrected chi connectivity index (χ3v) is 8.60. The predicted octanol–water partition coefficient (Wildman–Crippen LogP) is 5.44. The number of amides is 2. The standard InChI is InChI=1S/C28H31Cl2N3O4S/c1-4-24(28(35)31-5-2)32(18-21-16-14-20(3)15-17-21)26(34)19-33(25-13-9-12-23(29)27(25)30)38(36,37)22-10-7-6-8-11-22/h6-17,24H,4-5,18-19H2,1-3H3,(H,31,35). The van der Waals surface area contributed by atoms with Gasteiger partial charge < -0.3 is 10.2 Å². The van der Waals surface area contributed by atoms with Crippen molar-refractivity contribution in [2.45, 2.75) is 44.7 Å². The smallest absolute Gasteiger partial charge is 0.264 e. The monoisotopic (exact) mass is 575 g/mol. The van der Waals surface area contributed by atoms with Crippen molar-refractivity contribution in [2.75, 3.05) is 17.4 Å². The molecule has 0 saturated carbocycles. The van der Waals surface area contributed by atoms with Crippen molar-refractivity contribution in [3.63, 3.8) is 0 Å². The van der Waals surface area contributed by atoms with Gasteiger partial charge in [0.05, 0.1) is 20.6 Å². The fourth-order valence-electron chi connectivity index (χ4n) is 4.02. The third-order valence-electron chi connectivity index (χ3n) is 6.02. The predicted molar refractivity (Wildman–Crippen MR) is 152 cm³/mol. The highest BCUT2D eigenvalue weighted by Gasteiger charge is 2.34. The molecule has 10 heteroatoms. The Kier molecular flexibility index (Phi) is 10.2. The first-order chi connectivity index (χ1) is 18.1. The lowest BCUT2D eigenvalue weighted by Gasteiger charge is -2.33. The normalized spacial score (nSPS) is 12.0. The molecule has 3 aromatic carbocycles. The molecule has 1 atom stereocenters. The summed E-state index contributed by atoms with van der Waals surface area (Å²) < 4.78 is 28.6. The van der Waals surface area contributed by atoms with Crippen LogP contribution in [-0.2, 0) is 26.2 Å². The number of halogens is 2. The number of carbonyl (C=O) groups is 2. The van der Waals surface area contributed by atoms with Crippen LogP contribution in [0.15, 0.2) is 77.7 Å². The number of anilines is 1. The van der Waals surface area contributed by atoms with Crippen LogP contribution in [0.4, 0.5) is 5.69 Å². The molecule has 1 N–H and O–H groups in total. The average Bonchev–Trinajstić information content (AvgIpc) is 2.90. The molecule has 0 aliphatic carbocycles. The Morgan fingerprint density at radius 1 is 0.921 bits per heavy atom. The van der Waals surface area contributed by atoms with E-state index in [1.54, 1.807) is 31.2 Å². The van der Waals surface area contributed by atoms with Gasteiger partial charge in [-0.2, -0.15) is 0 Å². The van der Waals surface area contributed by atoms with Crippen molar-refractivity contribution in [3.8, 4) is 0 Å². The highest BCUT2D eigenvalue weighted by molar-refractivity contribution is 7.92. The van der Waals surface area contributed by atoms with Crippen molar-refractivity contribution in [3.05, 3.63) is 94.0 Å². The summed E-state index contributed by atoms with van der Waals surface area (Å²) in [4.78, 5) is 28.3. The van der Waals surface area contributed by atoms with E-state index < -0.39 is 28.5 Å². The van der Waals surface area contributed by atoms with E-state index in [2.05, 4.69) is 5.32 Å². The molecule has 0 fully saturated rings. The maximum absolute atomic E-state index is 13.9. The minimum atomic E-state index is -4.22. The molecule has 0 saturated heterocycles. The molecular weight excluding hydrogens is 545 g/mol. The Bertz CT molecular complexity index is 1370. The van der Waals surface area contributed by atoms with Crippen LogP contribution in [0.5, 0.6) is 0 Å². The van der Waals surface area contributed by atoms with Gasteiger partial charge in [0.2, 0.25) is 11.8 Å². The SMILES string of the molecule is CCNC(=O)C(CC)N(Cc1ccc(C)cc1)C(=O)CN(c1cccc(Cl)c1Cl)S(=O)(=O)c1ccccc1. The molecule has 0 aliphatic rings. The number of sulfonamides is 1. The fraction of sp³-hybridized carbons (Fsp3) is 0.286. The number of likely N-dealkylation sites (N-methyl/N-ethyl adjacent to an activating group) is 1. The van der Waals surface area contributed by atoms with Crippen molar-refractivity contribution < 1.29 is 18.0 Å². The molecule has 38 heavy (non-hydrogen) atoms. The van der Waals surface area contributed by atoms with Crippen molar-refractivity contribution in [1.82, 2.24) is 10.2 Å². The minimum Gasteiger partial charge on any atom is -0.355 e. The Labute approximate surface area is 234 Å². The Morgan fingerprint density at radius 3 is 2.18 bits per heavy atom. The number of benzene rings is 3. The Hall–Kier alpha value is -3.07. The number of rotatable bonds is 11. The fourth-order valence-corrected chi connectivity index (χ4v) is 5.91. The van der Waals surface area contributed by atoms with E-state index in [0.29, 0.717) is 13.0 Å². The van der Waals surface area contributed by atoms with Crippen LogP contribution in [0.25, 0.3) is 0 Å². The summed E-state index contributed by atoms with van der Waals surface area (Å²) >= 11 is 12.7. The van der Waals surface area contributed by atoms with Crippen LogP contribution in [0.1, 0.15) is 31.4 Å². The van der Waals surface area contributed by atoms with Gasteiger partial charge >= 0.3 is 0 Å². The molecular formula is C28H31Cl2N3O4S. The lowest BCUT2D eigenvalue weighted by molar-refractivity contribution is -0.140. The van der Waals surface area contributed by atoms with Crippen LogP contribution in [0.3, 0.4) is 0 Å². The topological polar surface area (TPSA) is 86.8 Å². The van der Waals surface area contributed by atoms with Crippen molar-refractivity contribution in [1.29, 1.82) is 0 Å². The summed E-state index contributed by atoms with van der Waals surface area (Å²) in [5, 5.41) is 2.93. The maximum atomic E-state index is 13.9. The van der Waals surface area contributed by atoms with Gasteiger partial charge in [-0.1, -0.05) is 84.2 Å². The van der Waals surface area contributed by atoms with Gasteiger partial charge in [-0.05, 0) is 50.1 Å². The quantitative estimate of drug-likeness (QED) is 0.330. The molecule has 202 valence electrons. The van der Waals surface area contributed by atoms with E-state index in [-0.39, 0.29) is 33.1 Å². The number of hydrogen-bond acceptors (Lipinski definition) is 4. The summed E-state index contributed by atoms with van der Waals surface area (Å²) in [5.74, 6) is -0.868. The Balaban J connectivity index is 2.09. The van der Waals surface area contributed by atoms with Crippen molar-refractivity contribution in [2.24, 2.45) is 0 Å².